The Balaban J connectivity index is 0.000000188. The normalized spacial score (nSPS) is 13.1. The molecule has 362 valence electrons. The van der Waals surface area contributed by atoms with Crippen molar-refractivity contribution in [1.29, 1.82) is 0 Å². The number of ether oxygens (including phenoxy) is 3. The van der Waals surface area contributed by atoms with Crippen LogP contribution in [0.2, 0.25) is 0 Å². The van der Waals surface area contributed by atoms with Crippen LogP contribution in [0, 0.1) is 11.6 Å². The topological polar surface area (TPSA) is 202 Å². The molecule has 1 aliphatic rings. The molecule has 70 heavy (non-hydrogen) atoms. The highest BCUT2D eigenvalue weighted by molar-refractivity contribution is 6.18. The summed E-state index contributed by atoms with van der Waals surface area (Å²) in [6.45, 7) is 4.87. The molecule has 0 radical (unpaired) electrons. The summed E-state index contributed by atoms with van der Waals surface area (Å²) in [6, 6.07) is 29.2. The predicted molar refractivity (Wildman–Crippen MR) is 256 cm³/mol. The first-order chi connectivity index (χ1) is 33.8. The number of nitrogens with zero attached hydrogens (tertiary/aromatic N) is 7. The molecule has 1 unspecified atom stereocenters. The summed E-state index contributed by atoms with van der Waals surface area (Å²) in [5, 5.41) is 13.4. The molecule has 0 bridgehead atoms. The van der Waals surface area contributed by atoms with Gasteiger partial charge in [-0.2, -0.15) is 10.2 Å². The third-order valence-corrected chi connectivity index (χ3v) is 10.3. The largest absolute Gasteiger partial charge is 0.459 e. The molecule has 3 aromatic carbocycles. The number of esters is 1. The molecule has 5 heterocycles. The number of aromatic nitrogens is 6. The van der Waals surface area contributed by atoms with Crippen LogP contribution in [0.25, 0.3) is 33.9 Å². The lowest BCUT2D eigenvalue weighted by Crippen LogP contribution is -2.34. The zero-order valence-electron chi connectivity index (χ0n) is 38.2. The molecule has 1 fully saturated rings. The average Bonchev–Trinajstić information content (AvgIpc) is 4.14. The smallest absolute Gasteiger partial charge is 0.414 e. The number of pyridine rings is 2. The summed E-state index contributed by atoms with van der Waals surface area (Å²) in [7, 11) is 0. The third kappa shape index (κ3) is 15.1. The van der Waals surface area contributed by atoms with Gasteiger partial charge < -0.3 is 24.3 Å². The van der Waals surface area contributed by atoms with E-state index in [-0.39, 0.29) is 54.7 Å². The molecule has 1 aliphatic heterocycles. The second kappa shape index (κ2) is 25.2. The van der Waals surface area contributed by atoms with Gasteiger partial charge in [-0.15, -0.1) is 11.6 Å². The summed E-state index contributed by atoms with van der Waals surface area (Å²) < 4.78 is 47.4. The van der Waals surface area contributed by atoms with Crippen LogP contribution >= 0.6 is 11.6 Å². The minimum atomic E-state index is -0.655. The zero-order chi connectivity index (χ0) is 50.0. The Hall–Kier alpha value is -8.32. The van der Waals surface area contributed by atoms with Crippen LogP contribution in [0.15, 0.2) is 140 Å². The molecular formula is C50H48ClF2N9O8. The summed E-state index contributed by atoms with van der Waals surface area (Å²) in [5.41, 5.74) is 5.12. The molecule has 7 aromatic rings. The van der Waals surface area contributed by atoms with Crippen LogP contribution in [0.1, 0.15) is 39.2 Å². The van der Waals surface area contributed by atoms with Crippen molar-refractivity contribution in [1.82, 2.24) is 34.8 Å². The van der Waals surface area contributed by atoms with Crippen molar-refractivity contribution in [2.45, 2.75) is 52.4 Å². The number of Topliss-reactive ketones (excluding diaryl/α,β-unsaturated/α-hetero) is 1. The van der Waals surface area contributed by atoms with Gasteiger partial charge in [-0.25, -0.2) is 27.7 Å². The number of benzene rings is 3. The number of ketones is 1. The highest BCUT2D eigenvalue weighted by Gasteiger charge is 2.32. The van der Waals surface area contributed by atoms with E-state index in [4.69, 9.17) is 25.8 Å². The fourth-order valence-corrected chi connectivity index (χ4v) is 6.78. The zero-order valence-corrected chi connectivity index (χ0v) is 39.0. The quantitative estimate of drug-likeness (QED) is 0.0562. The van der Waals surface area contributed by atoms with Crippen LogP contribution in [0.3, 0.4) is 0 Å². The highest BCUT2D eigenvalue weighted by Crippen LogP contribution is 2.28. The molecule has 0 saturated carbocycles. The maximum Gasteiger partial charge on any atom is 0.414 e. The summed E-state index contributed by atoms with van der Waals surface area (Å²) in [4.78, 5) is 66.0. The molecule has 0 spiro atoms. The number of carbonyl (C=O) groups is 5. The van der Waals surface area contributed by atoms with Crippen molar-refractivity contribution >= 4 is 52.8 Å². The van der Waals surface area contributed by atoms with E-state index in [0.717, 1.165) is 28.1 Å². The van der Waals surface area contributed by atoms with Crippen LogP contribution < -0.4 is 15.5 Å². The molecule has 1 saturated heterocycles. The van der Waals surface area contributed by atoms with E-state index < -0.39 is 35.9 Å². The van der Waals surface area contributed by atoms with Crippen LogP contribution in [-0.4, -0.2) is 90.6 Å². The number of carbonyl (C=O) groups excluding carboxylic acids is 5. The molecule has 2 atom stereocenters. The number of cyclic esters (lactones) is 1. The monoisotopic (exact) mass is 975 g/mol. The minimum absolute atomic E-state index is 0.0409. The molecule has 4 aromatic heterocycles. The lowest BCUT2D eigenvalue weighted by molar-refractivity contribution is -0.145. The maximum absolute atomic E-state index is 14.8. The Morgan fingerprint density at radius 2 is 1.40 bits per heavy atom. The fourth-order valence-electron chi connectivity index (χ4n) is 6.60. The number of hydrogen-bond acceptors (Lipinski definition) is 12. The van der Waals surface area contributed by atoms with E-state index in [1.54, 1.807) is 55.4 Å². The lowest BCUT2D eigenvalue weighted by Gasteiger charge is -2.14. The van der Waals surface area contributed by atoms with Gasteiger partial charge in [0.05, 0.1) is 48.4 Å². The van der Waals surface area contributed by atoms with Gasteiger partial charge >= 0.3 is 18.2 Å². The van der Waals surface area contributed by atoms with Crippen molar-refractivity contribution in [2.24, 2.45) is 0 Å². The summed E-state index contributed by atoms with van der Waals surface area (Å²) in [6.07, 6.45) is 8.80. The first-order valence-electron chi connectivity index (χ1n) is 21.7. The van der Waals surface area contributed by atoms with E-state index in [9.17, 15) is 32.8 Å². The maximum atomic E-state index is 14.8. The van der Waals surface area contributed by atoms with Crippen molar-refractivity contribution in [2.75, 3.05) is 29.2 Å². The first-order valence-corrected chi connectivity index (χ1v) is 22.2. The van der Waals surface area contributed by atoms with E-state index >= 15 is 0 Å². The van der Waals surface area contributed by atoms with Crippen molar-refractivity contribution in [3.05, 3.63) is 158 Å². The summed E-state index contributed by atoms with van der Waals surface area (Å²) in [5.74, 6) is -1.39. The number of nitrogens with one attached hydrogen (secondary N) is 2. The standard InChI is InChI=1S/C22H17FN4O2.C21H19FN4O3.C7H12ClNO3/c23-19-12-18(26-22(28)29-15-16-6-2-1-3-7-16)9-10-21(19)27-14-17(13-25-27)20-8-4-5-11-24-20;1-14(27)5-7-17-13-25(21(28)29-17)16-6-8-20(18(22)10-16)26-12-15(11-24-26)19-4-2-3-9-23-19;1-5(10)9-4-7(3-8)12-6(2)11/h1-14H,15H2,(H,26,28);2-4,6,8-12,17H,5,7,13H2,1H3;7H,3-4H2,1-2H3,(H,9,10)/t;17-;/m.0./s1. The molecule has 8 rings (SSSR count). The Morgan fingerprint density at radius 3 is 1.93 bits per heavy atom. The van der Waals surface area contributed by atoms with Crippen molar-refractivity contribution < 1.29 is 47.0 Å². The lowest BCUT2D eigenvalue weighted by atomic mass is 10.1. The van der Waals surface area contributed by atoms with Gasteiger partial charge in [0, 0.05) is 61.9 Å². The van der Waals surface area contributed by atoms with Gasteiger partial charge in [-0.05, 0) is 79.6 Å². The van der Waals surface area contributed by atoms with Crippen molar-refractivity contribution in [3.8, 4) is 33.9 Å². The van der Waals surface area contributed by atoms with Gasteiger partial charge in [0.25, 0.3) is 0 Å². The Bertz CT molecular complexity index is 2870. The number of amides is 3. The number of halogens is 3. The van der Waals surface area contributed by atoms with Gasteiger partial charge in [-0.3, -0.25) is 29.8 Å². The second-order valence-corrected chi connectivity index (χ2v) is 15.8. The van der Waals surface area contributed by atoms with Gasteiger partial charge in [0.2, 0.25) is 5.91 Å². The Morgan fingerprint density at radius 1 is 0.800 bits per heavy atom. The van der Waals surface area contributed by atoms with E-state index in [0.29, 0.717) is 24.2 Å². The SMILES string of the molecule is CC(=O)CC[C@H]1CN(c2ccc(-n3cc(-c4ccccn4)cn3)c(F)c2)C(=O)O1.CC(=O)NCC(CCl)OC(C)=O.O=C(Nc1ccc(-n2cc(-c3ccccn3)cn2)c(F)c1)OCc1ccccc1. The van der Waals surface area contributed by atoms with E-state index in [1.807, 2.05) is 66.7 Å². The molecule has 0 aliphatic carbocycles. The number of hydrogen-bond donors (Lipinski definition) is 2. The molecule has 20 heteroatoms. The first kappa shape index (κ1) is 51.1. The number of alkyl halides is 1. The molecule has 3 amide bonds. The fraction of sp³-hybridized carbons (Fsp3) is 0.220. The number of anilines is 2. The summed E-state index contributed by atoms with van der Waals surface area (Å²) >= 11 is 5.47. The van der Waals surface area contributed by atoms with Crippen molar-refractivity contribution in [3.63, 3.8) is 0 Å². The van der Waals surface area contributed by atoms with E-state index in [2.05, 4.69) is 30.8 Å². The van der Waals surface area contributed by atoms with Gasteiger partial charge in [0.1, 0.15) is 36.0 Å². The highest BCUT2D eigenvalue weighted by atomic mass is 35.5. The second-order valence-electron chi connectivity index (χ2n) is 15.4. The van der Waals surface area contributed by atoms with Crippen LogP contribution in [0.4, 0.5) is 29.7 Å². The third-order valence-electron chi connectivity index (χ3n) is 10.0. The minimum Gasteiger partial charge on any atom is -0.459 e. The Labute approximate surface area is 406 Å². The van der Waals surface area contributed by atoms with Crippen LogP contribution in [-0.2, 0) is 35.2 Å². The average molecular weight is 976 g/mol. The predicted octanol–water partition coefficient (Wildman–Crippen LogP) is 8.88. The van der Waals surface area contributed by atoms with Crippen LogP contribution in [0.5, 0.6) is 0 Å². The number of rotatable bonds is 15. The van der Waals surface area contributed by atoms with Gasteiger partial charge in [-0.1, -0.05) is 42.5 Å². The Kier molecular flexibility index (Phi) is 18.4. The molecule has 2 N–H and O–H groups in total. The van der Waals surface area contributed by atoms with Gasteiger partial charge in [0.15, 0.2) is 11.6 Å². The van der Waals surface area contributed by atoms with E-state index in [1.165, 1.54) is 53.2 Å². The molecule has 17 nitrogen and oxygen atoms in total. The molecular weight excluding hydrogens is 928 g/mol.